The molecule has 7 nitrogen and oxygen atoms in total. The molecule has 0 spiro atoms. The second-order valence-electron chi connectivity index (χ2n) is 4.54. The molecule has 0 aromatic rings. The summed E-state index contributed by atoms with van der Waals surface area (Å²) in [6.07, 6.45) is 0. The van der Waals surface area contributed by atoms with Gasteiger partial charge in [-0.05, 0) is 5.92 Å². The molecule has 0 aromatic carbocycles. The van der Waals surface area contributed by atoms with Gasteiger partial charge >= 0.3 is 5.97 Å². The number of carbonyl (C=O) groups is 1. The molecule has 0 saturated carbocycles. The van der Waals surface area contributed by atoms with Gasteiger partial charge in [-0.15, -0.1) is 11.8 Å². The van der Waals surface area contributed by atoms with Crippen molar-refractivity contribution in [1.82, 2.24) is 9.03 Å². The standard InChI is InChI=1S/C10H20N2O5S2/c1-7(2)9-12(8(6-18-9)10(13)14)19(15,16)11-4-5-17-3/h7-9,11H,4-6H2,1-3H3,(H,13,14). The van der Waals surface area contributed by atoms with E-state index in [0.29, 0.717) is 0 Å². The maximum Gasteiger partial charge on any atom is 0.322 e. The second kappa shape index (κ2) is 6.89. The summed E-state index contributed by atoms with van der Waals surface area (Å²) in [5.41, 5.74) is 0. The molecule has 19 heavy (non-hydrogen) atoms. The SMILES string of the molecule is COCCNS(=O)(=O)N1C(C(=O)O)CSC1C(C)C. The minimum absolute atomic E-state index is 0.0355. The molecule has 2 N–H and O–H groups in total. The van der Waals surface area contributed by atoms with Gasteiger partial charge in [-0.25, -0.2) is 0 Å². The van der Waals surface area contributed by atoms with Gasteiger partial charge < -0.3 is 9.84 Å². The highest BCUT2D eigenvalue weighted by molar-refractivity contribution is 8.01. The number of hydrogen-bond acceptors (Lipinski definition) is 5. The monoisotopic (exact) mass is 312 g/mol. The average molecular weight is 312 g/mol. The Morgan fingerprint density at radius 1 is 1.58 bits per heavy atom. The Labute approximate surface area is 117 Å². The average Bonchev–Trinajstić information content (AvgIpc) is 2.74. The molecule has 2 unspecified atom stereocenters. The van der Waals surface area contributed by atoms with E-state index in [2.05, 4.69) is 4.72 Å². The lowest BCUT2D eigenvalue weighted by atomic mass is 10.2. The van der Waals surface area contributed by atoms with Crippen LogP contribution in [-0.4, -0.2) is 61.2 Å². The minimum atomic E-state index is -3.82. The number of hydrogen-bond donors (Lipinski definition) is 2. The molecule has 0 aromatic heterocycles. The van der Waals surface area contributed by atoms with Crippen LogP contribution in [0, 0.1) is 5.92 Å². The summed E-state index contributed by atoms with van der Waals surface area (Å²) in [6, 6.07) is -1.02. The zero-order valence-corrected chi connectivity index (χ0v) is 12.8. The third-order valence-corrected chi connectivity index (χ3v) is 6.07. The van der Waals surface area contributed by atoms with Crippen molar-refractivity contribution in [2.45, 2.75) is 25.3 Å². The molecule has 1 rings (SSSR count). The Balaban J connectivity index is 2.91. The smallest absolute Gasteiger partial charge is 0.322 e. The quantitative estimate of drug-likeness (QED) is 0.640. The Bertz CT molecular complexity index is 412. The van der Waals surface area contributed by atoms with E-state index >= 15 is 0 Å². The Hall–Kier alpha value is -0.350. The largest absolute Gasteiger partial charge is 0.480 e. The van der Waals surface area contributed by atoms with Crippen LogP contribution >= 0.6 is 11.8 Å². The van der Waals surface area contributed by atoms with Crippen LogP contribution in [0.1, 0.15) is 13.8 Å². The van der Waals surface area contributed by atoms with Gasteiger partial charge in [-0.1, -0.05) is 13.8 Å². The van der Waals surface area contributed by atoms with Gasteiger partial charge in [-0.3, -0.25) is 4.79 Å². The lowest BCUT2D eigenvalue weighted by molar-refractivity contribution is -0.140. The van der Waals surface area contributed by atoms with Crippen molar-refractivity contribution in [2.75, 3.05) is 26.0 Å². The first-order valence-electron chi connectivity index (χ1n) is 5.92. The number of nitrogens with one attached hydrogen (secondary N) is 1. The van der Waals surface area contributed by atoms with E-state index < -0.39 is 22.2 Å². The van der Waals surface area contributed by atoms with Crippen molar-refractivity contribution in [3.8, 4) is 0 Å². The predicted octanol–water partition coefficient (Wildman–Crippen LogP) is -0.0487. The summed E-state index contributed by atoms with van der Waals surface area (Å²) in [5.74, 6) is -0.815. The van der Waals surface area contributed by atoms with Gasteiger partial charge in [0.2, 0.25) is 0 Å². The summed E-state index contributed by atoms with van der Waals surface area (Å²) < 4.78 is 32.7. The first-order chi connectivity index (χ1) is 8.81. The van der Waals surface area contributed by atoms with Crippen molar-refractivity contribution in [3.05, 3.63) is 0 Å². The van der Waals surface area contributed by atoms with Gasteiger partial charge in [0.25, 0.3) is 10.2 Å². The number of nitrogens with zero attached hydrogens (tertiary/aromatic N) is 1. The van der Waals surface area contributed by atoms with Crippen molar-refractivity contribution in [2.24, 2.45) is 5.92 Å². The highest BCUT2D eigenvalue weighted by atomic mass is 32.2. The topological polar surface area (TPSA) is 95.9 Å². The van der Waals surface area contributed by atoms with E-state index in [4.69, 9.17) is 9.84 Å². The molecule has 0 amide bonds. The van der Waals surface area contributed by atoms with Gasteiger partial charge in [-0.2, -0.15) is 17.4 Å². The maximum absolute atomic E-state index is 12.2. The van der Waals surface area contributed by atoms with Crippen molar-refractivity contribution in [1.29, 1.82) is 0 Å². The van der Waals surface area contributed by atoms with Crippen LogP contribution in [-0.2, 0) is 19.7 Å². The van der Waals surface area contributed by atoms with Crippen molar-refractivity contribution < 1.29 is 23.1 Å². The van der Waals surface area contributed by atoms with E-state index in [1.807, 2.05) is 13.8 Å². The van der Waals surface area contributed by atoms with E-state index in [1.165, 1.54) is 18.9 Å². The van der Waals surface area contributed by atoms with Crippen LogP contribution in [0.2, 0.25) is 0 Å². The number of methoxy groups -OCH3 is 1. The summed E-state index contributed by atoms with van der Waals surface area (Å²) in [7, 11) is -2.35. The first-order valence-corrected chi connectivity index (χ1v) is 8.41. The molecule has 1 aliphatic rings. The van der Waals surface area contributed by atoms with Gasteiger partial charge in [0, 0.05) is 19.4 Å². The van der Waals surface area contributed by atoms with Crippen molar-refractivity contribution >= 4 is 27.9 Å². The van der Waals surface area contributed by atoms with Crippen molar-refractivity contribution in [3.63, 3.8) is 0 Å². The van der Waals surface area contributed by atoms with E-state index in [1.54, 1.807) is 0 Å². The molecule has 1 fully saturated rings. The maximum atomic E-state index is 12.2. The lowest BCUT2D eigenvalue weighted by Crippen LogP contribution is -2.52. The summed E-state index contributed by atoms with van der Waals surface area (Å²) in [5, 5.41) is 8.79. The molecule has 2 atom stereocenters. The van der Waals surface area contributed by atoms with Crippen LogP contribution in [0.4, 0.5) is 0 Å². The molecule has 0 radical (unpaired) electrons. The molecule has 1 heterocycles. The molecule has 0 aliphatic carbocycles. The first kappa shape index (κ1) is 16.7. The lowest BCUT2D eigenvalue weighted by Gasteiger charge is -2.28. The minimum Gasteiger partial charge on any atom is -0.480 e. The fourth-order valence-corrected chi connectivity index (χ4v) is 5.32. The van der Waals surface area contributed by atoms with Gasteiger partial charge in [0.15, 0.2) is 0 Å². The number of aliphatic carboxylic acids is 1. The Morgan fingerprint density at radius 2 is 2.21 bits per heavy atom. The molecular formula is C10H20N2O5S2. The second-order valence-corrected chi connectivity index (χ2v) is 7.35. The number of rotatable bonds is 7. The number of ether oxygens (including phenoxy) is 1. The van der Waals surface area contributed by atoms with Crippen LogP contribution < -0.4 is 4.72 Å². The van der Waals surface area contributed by atoms with Gasteiger partial charge in [0.1, 0.15) is 6.04 Å². The van der Waals surface area contributed by atoms with Gasteiger partial charge in [0.05, 0.1) is 12.0 Å². The van der Waals surface area contributed by atoms with Crippen LogP contribution in [0.25, 0.3) is 0 Å². The molecule has 112 valence electrons. The van der Waals surface area contributed by atoms with E-state index in [9.17, 15) is 13.2 Å². The van der Waals surface area contributed by atoms with E-state index in [-0.39, 0.29) is 30.2 Å². The Kier molecular flexibility index (Phi) is 6.06. The van der Waals surface area contributed by atoms with Crippen LogP contribution in [0.5, 0.6) is 0 Å². The zero-order chi connectivity index (χ0) is 14.6. The fourth-order valence-electron chi connectivity index (χ4n) is 1.83. The number of carboxylic acids is 1. The third kappa shape index (κ3) is 4.06. The molecule has 0 bridgehead atoms. The molecule has 1 saturated heterocycles. The number of thioether (sulfide) groups is 1. The normalized spacial score (nSPS) is 25.1. The van der Waals surface area contributed by atoms with Crippen LogP contribution in [0.15, 0.2) is 0 Å². The third-order valence-electron chi connectivity index (χ3n) is 2.71. The molecule has 1 aliphatic heterocycles. The predicted molar refractivity (Wildman–Crippen MR) is 73.1 cm³/mol. The van der Waals surface area contributed by atoms with Crippen LogP contribution in [0.3, 0.4) is 0 Å². The summed E-state index contributed by atoms with van der Waals surface area (Å²) in [4.78, 5) is 11.2. The molecule has 9 heteroatoms. The summed E-state index contributed by atoms with van der Waals surface area (Å²) >= 11 is 1.36. The van der Waals surface area contributed by atoms with E-state index in [0.717, 1.165) is 4.31 Å². The Morgan fingerprint density at radius 3 is 2.68 bits per heavy atom. The fraction of sp³-hybridized carbons (Fsp3) is 0.900. The number of carboxylic acid groups (broad SMARTS) is 1. The zero-order valence-electron chi connectivity index (χ0n) is 11.2. The molecular weight excluding hydrogens is 292 g/mol. The highest BCUT2D eigenvalue weighted by Gasteiger charge is 2.46. The highest BCUT2D eigenvalue weighted by Crippen LogP contribution is 2.35. The summed E-state index contributed by atoms with van der Waals surface area (Å²) in [6.45, 7) is 4.11.